The largest absolute Gasteiger partial charge is 0.423 e. The number of nitrogens with one attached hydrogen (secondary N) is 1. The lowest BCUT2D eigenvalue weighted by Crippen LogP contribution is -2.27. The van der Waals surface area contributed by atoms with E-state index < -0.39 is 0 Å². The average molecular weight is 376 g/mol. The molecular weight excluding hydrogens is 352 g/mol. The molecule has 1 unspecified atom stereocenters. The number of aryl methyl sites for hydroxylation is 1. The van der Waals surface area contributed by atoms with Gasteiger partial charge in [-0.05, 0) is 55.1 Å². The highest BCUT2D eigenvalue weighted by Crippen LogP contribution is 2.34. The maximum atomic E-state index is 12.1. The molecule has 144 valence electrons. The van der Waals surface area contributed by atoms with Gasteiger partial charge >= 0.3 is 5.63 Å². The Balaban J connectivity index is 1.66. The molecule has 1 amide bonds. The third-order valence-corrected chi connectivity index (χ3v) is 5.44. The summed E-state index contributed by atoms with van der Waals surface area (Å²) in [6.45, 7) is 2.11. The van der Waals surface area contributed by atoms with Crippen molar-refractivity contribution in [1.29, 1.82) is 0 Å². The molecule has 1 N–H and O–H groups in total. The Hall–Kier alpha value is -2.92. The van der Waals surface area contributed by atoms with Crippen LogP contribution in [0.3, 0.4) is 0 Å². The fraction of sp³-hybridized carbons (Fsp3) is 0.304. The van der Waals surface area contributed by atoms with E-state index in [0.717, 1.165) is 23.8 Å². The van der Waals surface area contributed by atoms with E-state index in [0.29, 0.717) is 23.9 Å². The lowest BCUT2D eigenvalue weighted by molar-refractivity contribution is -0.114. The monoisotopic (exact) mass is 376 g/mol. The third-order valence-electron chi connectivity index (χ3n) is 5.44. The highest BCUT2D eigenvalue weighted by Gasteiger charge is 2.24. The Bertz CT molecular complexity index is 1090. The summed E-state index contributed by atoms with van der Waals surface area (Å²) < 4.78 is 5.38. The van der Waals surface area contributed by atoms with Gasteiger partial charge in [-0.1, -0.05) is 24.3 Å². The molecule has 0 radical (unpaired) electrons. The van der Waals surface area contributed by atoms with E-state index in [9.17, 15) is 9.59 Å². The average Bonchev–Trinajstić information content (AvgIpc) is 2.66. The van der Waals surface area contributed by atoms with Crippen LogP contribution < -0.4 is 10.9 Å². The Morgan fingerprint density at radius 2 is 2.04 bits per heavy atom. The molecule has 5 heteroatoms. The number of anilines is 1. The van der Waals surface area contributed by atoms with E-state index in [1.165, 1.54) is 24.5 Å². The van der Waals surface area contributed by atoms with E-state index in [1.807, 2.05) is 12.1 Å². The van der Waals surface area contributed by atoms with Crippen LogP contribution in [-0.2, 0) is 17.8 Å². The van der Waals surface area contributed by atoms with Crippen molar-refractivity contribution in [2.24, 2.45) is 0 Å². The van der Waals surface area contributed by atoms with Crippen molar-refractivity contribution < 1.29 is 9.21 Å². The fourth-order valence-corrected chi connectivity index (χ4v) is 4.21. The van der Waals surface area contributed by atoms with Gasteiger partial charge < -0.3 is 9.73 Å². The standard InChI is InChI=1S/C23H24N2O3/c1-15(26)24-18-10-11-20-17(12-23(27)28-22(20)13-18)14-25(2)21-9-5-7-16-6-3-4-8-19(16)21/h3-4,6,8,10-13,21H,5,7,9,14H2,1-2H3,(H,24,26). The van der Waals surface area contributed by atoms with Crippen molar-refractivity contribution in [3.05, 3.63) is 75.6 Å². The van der Waals surface area contributed by atoms with Gasteiger partial charge in [0, 0.05) is 42.7 Å². The van der Waals surface area contributed by atoms with Crippen LogP contribution in [0.2, 0.25) is 0 Å². The maximum absolute atomic E-state index is 12.1. The molecule has 0 bridgehead atoms. The zero-order valence-corrected chi connectivity index (χ0v) is 16.2. The molecule has 0 fully saturated rings. The molecule has 1 atom stereocenters. The smallest absolute Gasteiger partial charge is 0.336 e. The first-order valence-corrected chi connectivity index (χ1v) is 9.63. The van der Waals surface area contributed by atoms with Crippen LogP contribution in [0.1, 0.15) is 42.5 Å². The number of fused-ring (bicyclic) bond motifs is 2. The molecular formula is C23H24N2O3. The van der Waals surface area contributed by atoms with Crippen molar-refractivity contribution in [2.45, 2.75) is 38.8 Å². The summed E-state index contributed by atoms with van der Waals surface area (Å²) in [4.78, 5) is 25.7. The van der Waals surface area contributed by atoms with E-state index >= 15 is 0 Å². The lowest BCUT2D eigenvalue weighted by Gasteiger charge is -2.33. The summed E-state index contributed by atoms with van der Waals surface area (Å²) >= 11 is 0. The lowest BCUT2D eigenvalue weighted by atomic mass is 9.87. The number of nitrogens with zero attached hydrogens (tertiary/aromatic N) is 1. The molecule has 0 spiro atoms. The minimum Gasteiger partial charge on any atom is -0.423 e. The van der Waals surface area contributed by atoms with E-state index in [-0.39, 0.29) is 11.5 Å². The normalized spacial score (nSPS) is 16.2. The Labute approximate surface area is 164 Å². The van der Waals surface area contributed by atoms with Gasteiger partial charge in [0.2, 0.25) is 5.91 Å². The van der Waals surface area contributed by atoms with Crippen LogP contribution in [0.15, 0.2) is 57.7 Å². The molecule has 4 rings (SSSR count). The Morgan fingerprint density at radius 3 is 2.86 bits per heavy atom. The first-order chi connectivity index (χ1) is 13.5. The van der Waals surface area contributed by atoms with Gasteiger partial charge in [0.15, 0.2) is 0 Å². The molecule has 1 heterocycles. The fourth-order valence-electron chi connectivity index (χ4n) is 4.21. The summed E-state index contributed by atoms with van der Waals surface area (Å²) in [7, 11) is 2.11. The first kappa shape index (κ1) is 18.4. The first-order valence-electron chi connectivity index (χ1n) is 9.63. The van der Waals surface area contributed by atoms with Crippen molar-refractivity contribution in [3.8, 4) is 0 Å². The predicted molar refractivity (Wildman–Crippen MR) is 110 cm³/mol. The number of hydrogen-bond donors (Lipinski definition) is 1. The zero-order chi connectivity index (χ0) is 19.7. The highest BCUT2D eigenvalue weighted by molar-refractivity contribution is 5.92. The quantitative estimate of drug-likeness (QED) is 0.691. The van der Waals surface area contributed by atoms with Gasteiger partial charge in [0.05, 0.1) is 0 Å². The van der Waals surface area contributed by atoms with E-state index in [4.69, 9.17) is 4.42 Å². The summed E-state index contributed by atoms with van der Waals surface area (Å²) in [6.07, 6.45) is 3.41. The van der Waals surface area contributed by atoms with Gasteiger partial charge in [0.25, 0.3) is 0 Å². The summed E-state index contributed by atoms with van der Waals surface area (Å²) in [5.74, 6) is -0.159. The number of carbonyl (C=O) groups is 1. The number of rotatable bonds is 4. The molecule has 1 aliphatic carbocycles. The van der Waals surface area contributed by atoms with Crippen molar-refractivity contribution in [1.82, 2.24) is 4.90 Å². The van der Waals surface area contributed by atoms with Gasteiger partial charge in [-0.25, -0.2) is 4.79 Å². The summed E-state index contributed by atoms with van der Waals surface area (Å²) in [5, 5.41) is 3.62. The van der Waals surface area contributed by atoms with Crippen LogP contribution in [0, 0.1) is 0 Å². The zero-order valence-electron chi connectivity index (χ0n) is 16.2. The van der Waals surface area contributed by atoms with Crippen LogP contribution in [0.4, 0.5) is 5.69 Å². The van der Waals surface area contributed by atoms with E-state index in [2.05, 4.69) is 41.5 Å². The van der Waals surface area contributed by atoms with Gasteiger partial charge in [0.1, 0.15) is 5.58 Å². The SMILES string of the molecule is CC(=O)Nc1ccc2c(CN(C)C3CCCc4ccccc43)cc(=O)oc2c1. The summed E-state index contributed by atoms with van der Waals surface area (Å²) in [6, 6.07) is 16.0. The van der Waals surface area contributed by atoms with E-state index in [1.54, 1.807) is 12.1 Å². The Morgan fingerprint density at radius 1 is 1.21 bits per heavy atom. The van der Waals surface area contributed by atoms with Crippen LogP contribution in [0.5, 0.6) is 0 Å². The highest BCUT2D eigenvalue weighted by atomic mass is 16.4. The van der Waals surface area contributed by atoms with Gasteiger partial charge in [-0.3, -0.25) is 9.69 Å². The van der Waals surface area contributed by atoms with Gasteiger partial charge in [-0.15, -0.1) is 0 Å². The topological polar surface area (TPSA) is 62.6 Å². The number of benzene rings is 2. The molecule has 0 saturated heterocycles. The predicted octanol–water partition coefficient (Wildman–Crippen LogP) is 4.26. The molecule has 5 nitrogen and oxygen atoms in total. The molecule has 0 saturated carbocycles. The Kier molecular flexibility index (Phi) is 5.01. The molecule has 28 heavy (non-hydrogen) atoms. The van der Waals surface area contributed by atoms with Crippen molar-refractivity contribution in [3.63, 3.8) is 0 Å². The van der Waals surface area contributed by atoms with Crippen molar-refractivity contribution in [2.75, 3.05) is 12.4 Å². The van der Waals surface area contributed by atoms with Gasteiger partial charge in [-0.2, -0.15) is 0 Å². The third kappa shape index (κ3) is 3.71. The number of amides is 1. The van der Waals surface area contributed by atoms with Crippen LogP contribution in [0.25, 0.3) is 11.0 Å². The number of hydrogen-bond acceptors (Lipinski definition) is 4. The molecule has 1 aromatic heterocycles. The molecule has 0 aliphatic heterocycles. The molecule has 1 aliphatic rings. The number of carbonyl (C=O) groups excluding carboxylic acids is 1. The minimum atomic E-state index is -0.375. The van der Waals surface area contributed by atoms with Crippen molar-refractivity contribution >= 4 is 22.6 Å². The molecule has 3 aromatic rings. The molecule has 2 aromatic carbocycles. The summed E-state index contributed by atoms with van der Waals surface area (Å²) in [5.41, 5.74) is 4.48. The maximum Gasteiger partial charge on any atom is 0.336 e. The second kappa shape index (κ2) is 7.60. The second-order valence-electron chi connectivity index (χ2n) is 7.50. The van der Waals surface area contributed by atoms with Crippen LogP contribution in [-0.4, -0.2) is 17.9 Å². The van der Waals surface area contributed by atoms with Crippen LogP contribution >= 0.6 is 0 Å². The minimum absolute atomic E-state index is 0.159. The second-order valence-corrected chi connectivity index (χ2v) is 7.50.